The highest BCUT2D eigenvalue weighted by atomic mass is 32.2. The first-order chi connectivity index (χ1) is 12.7. The average molecular weight is 390 g/mol. The lowest BCUT2D eigenvalue weighted by atomic mass is 9.92. The highest BCUT2D eigenvalue weighted by Crippen LogP contribution is 2.47. The van der Waals surface area contributed by atoms with E-state index in [9.17, 15) is 22.9 Å². The number of allylic oxidation sites excluding steroid dienone is 5. The van der Waals surface area contributed by atoms with Crippen LogP contribution in [0.1, 0.15) is 31.4 Å². The summed E-state index contributed by atoms with van der Waals surface area (Å²) in [6.45, 7) is 3.26. The van der Waals surface area contributed by atoms with Gasteiger partial charge in [0.15, 0.2) is 11.6 Å². The van der Waals surface area contributed by atoms with Gasteiger partial charge in [0.25, 0.3) is 0 Å². The maximum absolute atomic E-state index is 14.0. The van der Waals surface area contributed by atoms with Gasteiger partial charge < -0.3 is 5.11 Å². The molecule has 0 heterocycles. The van der Waals surface area contributed by atoms with Gasteiger partial charge in [-0.15, -0.1) is 0 Å². The summed E-state index contributed by atoms with van der Waals surface area (Å²) in [6, 6.07) is 2.15. The van der Waals surface area contributed by atoms with Crippen molar-refractivity contribution in [1.82, 2.24) is 0 Å². The minimum Gasteiger partial charge on any atom is -0.481 e. The maximum Gasteiger partial charge on any atom is 0.310 e. The molecule has 1 N–H and O–H groups in total. The smallest absolute Gasteiger partial charge is 0.310 e. The number of rotatable bonds is 4. The van der Waals surface area contributed by atoms with Crippen LogP contribution >= 0.6 is 0 Å². The summed E-state index contributed by atoms with van der Waals surface area (Å²) in [6.07, 6.45) is 11.3. The van der Waals surface area contributed by atoms with Crippen LogP contribution in [0, 0.1) is 17.6 Å². The van der Waals surface area contributed by atoms with Gasteiger partial charge in [-0.2, -0.15) is 0 Å². The highest BCUT2D eigenvalue weighted by Gasteiger charge is 2.36. The van der Waals surface area contributed by atoms with Crippen LogP contribution in [0.25, 0.3) is 11.1 Å². The Morgan fingerprint density at radius 2 is 1.89 bits per heavy atom. The Kier molecular flexibility index (Phi) is 5.04. The molecular formula is C21H20F2O3S. The summed E-state index contributed by atoms with van der Waals surface area (Å²) < 4.78 is 39.6. The van der Waals surface area contributed by atoms with Gasteiger partial charge in [0, 0.05) is 17.1 Å². The third-order valence-corrected chi connectivity index (χ3v) is 6.73. The van der Waals surface area contributed by atoms with E-state index in [1.54, 1.807) is 19.3 Å². The Hall–Kier alpha value is -2.34. The van der Waals surface area contributed by atoms with E-state index in [2.05, 4.69) is 0 Å². The molecule has 0 bridgehead atoms. The number of halogens is 2. The Labute approximate surface area is 159 Å². The molecule has 0 aliphatic heterocycles. The molecule has 27 heavy (non-hydrogen) atoms. The van der Waals surface area contributed by atoms with Gasteiger partial charge in [-0.1, -0.05) is 30.4 Å². The number of hydrogen-bond donors (Lipinski definition) is 1. The summed E-state index contributed by atoms with van der Waals surface area (Å²) in [7, 11) is -1.26. The van der Waals surface area contributed by atoms with E-state index in [-0.39, 0.29) is 0 Å². The van der Waals surface area contributed by atoms with Crippen molar-refractivity contribution in [2.75, 3.05) is 6.26 Å². The number of aliphatic carboxylic acids is 1. The molecule has 0 saturated carbocycles. The summed E-state index contributed by atoms with van der Waals surface area (Å²) in [5.41, 5.74) is 2.50. The van der Waals surface area contributed by atoms with Gasteiger partial charge in [-0.05, 0) is 60.2 Å². The Balaban J connectivity index is 2.29. The summed E-state index contributed by atoms with van der Waals surface area (Å²) >= 11 is 0. The van der Waals surface area contributed by atoms with E-state index in [1.165, 1.54) is 6.92 Å². The maximum atomic E-state index is 14.0. The monoisotopic (exact) mass is 390 g/mol. The molecule has 3 unspecified atom stereocenters. The number of hydrogen-bond acceptors (Lipinski definition) is 2. The highest BCUT2D eigenvalue weighted by molar-refractivity contribution is 7.86. The number of carboxylic acids is 1. The van der Waals surface area contributed by atoms with Gasteiger partial charge in [-0.3, -0.25) is 9.00 Å². The second kappa shape index (κ2) is 7.00. The second-order valence-corrected chi connectivity index (χ2v) is 8.54. The van der Waals surface area contributed by atoms with Crippen molar-refractivity contribution >= 4 is 27.9 Å². The van der Waals surface area contributed by atoms with Crippen LogP contribution in [-0.2, 0) is 15.6 Å². The van der Waals surface area contributed by atoms with Gasteiger partial charge in [0.05, 0.1) is 10.7 Å². The molecule has 1 aromatic carbocycles. The number of carbonyl (C=O) groups is 1. The molecule has 1 aromatic rings. The van der Waals surface area contributed by atoms with E-state index in [1.807, 2.05) is 24.3 Å². The van der Waals surface area contributed by atoms with Crippen LogP contribution in [0.15, 0.2) is 48.1 Å². The average Bonchev–Trinajstić information content (AvgIpc) is 2.87. The largest absolute Gasteiger partial charge is 0.481 e. The van der Waals surface area contributed by atoms with E-state index in [0.717, 1.165) is 12.1 Å². The Morgan fingerprint density at radius 1 is 1.26 bits per heavy atom. The first-order valence-electron chi connectivity index (χ1n) is 8.52. The number of carboxylic acid groups (broad SMARTS) is 1. The van der Waals surface area contributed by atoms with Crippen molar-refractivity contribution in [1.29, 1.82) is 0 Å². The number of fused-ring (bicyclic) bond motifs is 1. The van der Waals surface area contributed by atoms with Crippen LogP contribution in [0.5, 0.6) is 0 Å². The predicted octanol–water partition coefficient (Wildman–Crippen LogP) is 4.49. The predicted molar refractivity (Wildman–Crippen MR) is 103 cm³/mol. The molecule has 3 atom stereocenters. The fourth-order valence-corrected chi connectivity index (χ4v) is 4.56. The lowest BCUT2D eigenvalue weighted by Crippen LogP contribution is -2.30. The zero-order chi connectivity index (χ0) is 19.9. The van der Waals surface area contributed by atoms with Crippen molar-refractivity contribution < 1.29 is 22.9 Å². The van der Waals surface area contributed by atoms with Gasteiger partial charge in [0.2, 0.25) is 0 Å². The van der Waals surface area contributed by atoms with E-state index in [4.69, 9.17) is 0 Å². The van der Waals surface area contributed by atoms with Crippen molar-refractivity contribution in [2.24, 2.45) is 5.92 Å². The van der Waals surface area contributed by atoms with E-state index < -0.39 is 39.1 Å². The lowest BCUT2D eigenvalue weighted by molar-refractivity contribution is -0.139. The summed E-state index contributed by atoms with van der Waals surface area (Å²) in [5, 5.41) is 9.47. The van der Waals surface area contributed by atoms with Crippen LogP contribution in [0.2, 0.25) is 0 Å². The molecule has 3 nitrogen and oxygen atoms in total. The number of benzene rings is 1. The van der Waals surface area contributed by atoms with E-state index in [0.29, 0.717) is 34.3 Å². The van der Waals surface area contributed by atoms with Crippen molar-refractivity contribution in [3.8, 4) is 0 Å². The summed E-state index contributed by atoms with van der Waals surface area (Å²) in [4.78, 5) is 11.6. The fourth-order valence-electron chi connectivity index (χ4n) is 3.67. The molecule has 6 heteroatoms. The molecule has 0 radical (unpaired) electrons. The van der Waals surface area contributed by atoms with Crippen LogP contribution < -0.4 is 0 Å². The molecule has 0 aromatic heterocycles. The summed E-state index contributed by atoms with van der Waals surface area (Å²) in [5.74, 6) is -3.95. The minimum absolute atomic E-state index is 0.375. The van der Waals surface area contributed by atoms with Crippen molar-refractivity contribution in [2.45, 2.75) is 25.0 Å². The van der Waals surface area contributed by atoms with Crippen molar-refractivity contribution in [3.63, 3.8) is 0 Å². The molecule has 142 valence electrons. The Bertz CT molecular complexity index is 972. The molecule has 0 spiro atoms. The van der Waals surface area contributed by atoms with E-state index >= 15 is 0 Å². The third kappa shape index (κ3) is 3.23. The first kappa shape index (κ1) is 19.4. The van der Waals surface area contributed by atoms with Gasteiger partial charge in [0.1, 0.15) is 0 Å². The molecule has 2 aliphatic rings. The minimum atomic E-state index is -1.26. The van der Waals surface area contributed by atoms with Crippen molar-refractivity contribution in [3.05, 3.63) is 70.8 Å². The quantitative estimate of drug-likeness (QED) is 0.824. The molecule has 0 amide bonds. The molecule has 0 fully saturated rings. The fraction of sp³-hybridized carbons (Fsp3) is 0.286. The topological polar surface area (TPSA) is 54.4 Å². The van der Waals surface area contributed by atoms with Gasteiger partial charge in [-0.25, -0.2) is 8.78 Å². The zero-order valence-corrected chi connectivity index (χ0v) is 16.1. The lowest BCUT2D eigenvalue weighted by Gasteiger charge is -2.26. The Morgan fingerprint density at radius 3 is 2.41 bits per heavy atom. The third-order valence-electron chi connectivity index (χ3n) is 5.24. The molecule has 2 aliphatic carbocycles. The van der Waals surface area contributed by atoms with Crippen LogP contribution in [0.3, 0.4) is 0 Å². The van der Waals surface area contributed by atoms with Gasteiger partial charge >= 0.3 is 5.97 Å². The first-order valence-corrected chi connectivity index (χ1v) is 10.1. The molecule has 3 rings (SSSR count). The molecule has 0 saturated heterocycles. The standard InChI is InChI=1S/C21H20F2O3S/c1-12-16(11-21(27(3)26)7-5-4-6-8-21)14-9-17(22)18(23)10-15(14)19(12)13(2)20(24)25/h4-7,9-11,13H,8H2,1-3H3,(H,24,25). The zero-order valence-electron chi connectivity index (χ0n) is 15.3. The second-order valence-electron chi connectivity index (χ2n) is 6.87. The van der Waals surface area contributed by atoms with Crippen LogP contribution in [-0.4, -0.2) is 26.3 Å². The normalized spacial score (nSPS) is 25.0. The van der Waals surface area contributed by atoms with Crippen LogP contribution in [0.4, 0.5) is 8.78 Å². The molecular weight excluding hydrogens is 370 g/mol. The SMILES string of the molecule is CC1=C(C(C)C(=O)O)c2cc(F)c(F)cc2C1=CC1(S(C)=O)C=CC=CC1.